The molecule has 2 atom stereocenters. The Kier molecular flexibility index (Phi) is 7.49. The highest BCUT2D eigenvalue weighted by Gasteiger charge is 2.25. The van der Waals surface area contributed by atoms with E-state index in [1.54, 1.807) is 27.9 Å². The van der Waals surface area contributed by atoms with Crippen LogP contribution in [-0.4, -0.2) is 49.3 Å². The van der Waals surface area contributed by atoms with Gasteiger partial charge in [-0.25, -0.2) is 0 Å². The molecule has 0 saturated heterocycles. The first-order valence-corrected chi connectivity index (χ1v) is 5.65. The van der Waals surface area contributed by atoms with Gasteiger partial charge in [0.2, 0.25) is 5.91 Å². The van der Waals surface area contributed by atoms with Gasteiger partial charge >= 0.3 is 5.97 Å². The van der Waals surface area contributed by atoms with Crippen LogP contribution < -0.4 is 10.6 Å². The van der Waals surface area contributed by atoms with E-state index in [0.29, 0.717) is 13.2 Å². The van der Waals surface area contributed by atoms with Crippen molar-refractivity contribution in [3.05, 3.63) is 0 Å². The molecule has 0 aliphatic rings. The van der Waals surface area contributed by atoms with E-state index in [1.807, 2.05) is 0 Å². The molecule has 0 rings (SSSR count). The van der Waals surface area contributed by atoms with Gasteiger partial charge in [-0.2, -0.15) is 0 Å². The van der Waals surface area contributed by atoms with Crippen LogP contribution in [0, 0.1) is 5.92 Å². The van der Waals surface area contributed by atoms with Gasteiger partial charge in [-0.1, -0.05) is 13.8 Å². The topological polar surface area (TPSA) is 87.7 Å². The maximum absolute atomic E-state index is 11.6. The monoisotopic (exact) mass is 246 g/mol. The Labute approximate surface area is 102 Å². The fourth-order valence-electron chi connectivity index (χ4n) is 1.32. The second kappa shape index (κ2) is 8.03. The molecule has 17 heavy (non-hydrogen) atoms. The number of carboxylic acids is 1. The van der Waals surface area contributed by atoms with Gasteiger partial charge in [-0.3, -0.25) is 14.9 Å². The number of amides is 1. The zero-order valence-electron chi connectivity index (χ0n) is 10.8. The van der Waals surface area contributed by atoms with Gasteiger partial charge in [-0.15, -0.1) is 0 Å². The Balaban J connectivity index is 4.16. The predicted molar refractivity (Wildman–Crippen MR) is 63.7 cm³/mol. The van der Waals surface area contributed by atoms with Gasteiger partial charge in [0.25, 0.3) is 0 Å². The Bertz CT molecular complexity index is 256. The zero-order chi connectivity index (χ0) is 13.4. The van der Waals surface area contributed by atoms with E-state index in [1.165, 1.54) is 0 Å². The number of aliphatic carboxylic acids is 1. The minimum Gasteiger partial charge on any atom is -0.480 e. The first kappa shape index (κ1) is 15.9. The minimum absolute atomic E-state index is 0.0817. The molecule has 0 aromatic carbocycles. The molecule has 0 aliphatic heterocycles. The van der Waals surface area contributed by atoms with Crippen molar-refractivity contribution in [2.75, 3.05) is 20.3 Å². The number of carbonyl (C=O) groups is 2. The highest BCUT2D eigenvalue weighted by atomic mass is 16.5. The summed E-state index contributed by atoms with van der Waals surface area (Å²) >= 11 is 0. The van der Waals surface area contributed by atoms with Gasteiger partial charge in [0.05, 0.1) is 12.6 Å². The van der Waals surface area contributed by atoms with E-state index >= 15 is 0 Å². The van der Waals surface area contributed by atoms with Crippen molar-refractivity contribution in [3.8, 4) is 0 Å². The normalized spacial score (nSPS) is 14.4. The average Bonchev–Trinajstić information content (AvgIpc) is 2.24. The Hall–Kier alpha value is -1.14. The van der Waals surface area contributed by atoms with Gasteiger partial charge in [0.15, 0.2) is 0 Å². The van der Waals surface area contributed by atoms with Crippen molar-refractivity contribution in [1.82, 2.24) is 10.6 Å². The molecule has 1 amide bonds. The highest BCUT2D eigenvalue weighted by molar-refractivity contribution is 5.82. The number of ether oxygens (including phenoxy) is 1. The number of rotatable bonds is 8. The fraction of sp³-hybridized carbons (Fsp3) is 0.818. The number of carboxylic acid groups (broad SMARTS) is 1. The lowest BCUT2D eigenvalue weighted by Gasteiger charge is -2.22. The average molecular weight is 246 g/mol. The number of hydrogen-bond acceptors (Lipinski definition) is 4. The van der Waals surface area contributed by atoms with E-state index < -0.39 is 18.1 Å². The second-order valence-corrected chi connectivity index (χ2v) is 4.23. The quantitative estimate of drug-likeness (QED) is 0.518. The van der Waals surface area contributed by atoms with Crippen LogP contribution in [0.25, 0.3) is 0 Å². The minimum atomic E-state index is -0.948. The third-order valence-electron chi connectivity index (χ3n) is 2.36. The van der Waals surface area contributed by atoms with Crippen LogP contribution in [0.4, 0.5) is 0 Å². The standard InChI is InChI=1S/C11H22N2O4/c1-7(2)9(11(15)16)13-8(3)10(14)12-5-6-17-4/h7-9,13H,5-6H2,1-4H3,(H,12,14)(H,15,16). The third-order valence-corrected chi connectivity index (χ3v) is 2.36. The summed E-state index contributed by atoms with van der Waals surface area (Å²) in [6, 6.07) is -1.27. The summed E-state index contributed by atoms with van der Waals surface area (Å²) < 4.78 is 4.80. The van der Waals surface area contributed by atoms with E-state index in [4.69, 9.17) is 9.84 Å². The lowest BCUT2D eigenvalue weighted by molar-refractivity contribution is -0.141. The summed E-state index contributed by atoms with van der Waals surface area (Å²) in [6.07, 6.45) is 0. The van der Waals surface area contributed by atoms with Crippen LogP contribution in [0.3, 0.4) is 0 Å². The van der Waals surface area contributed by atoms with Crippen LogP contribution in [0.1, 0.15) is 20.8 Å². The number of methoxy groups -OCH3 is 1. The molecule has 6 heteroatoms. The van der Waals surface area contributed by atoms with Crippen molar-refractivity contribution < 1.29 is 19.4 Å². The molecular weight excluding hydrogens is 224 g/mol. The summed E-state index contributed by atoms with van der Waals surface area (Å²) in [5.74, 6) is -1.26. The van der Waals surface area contributed by atoms with Crippen LogP contribution in [0.2, 0.25) is 0 Å². The Morgan fingerprint density at radius 2 is 1.88 bits per heavy atom. The van der Waals surface area contributed by atoms with Crippen molar-refractivity contribution in [2.45, 2.75) is 32.9 Å². The molecule has 0 aromatic heterocycles. The molecule has 0 aliphatic carbocycles. The van der Waals surface area contributed by atoms with E-state index in [2.05, 4.69) is 10.6 Å². The molecule has 0 bridgehead atoms. The summed E-state index contributed by atoms with van der Waals surface area (Å²) in [5.41, 5.74) is 0. The number of carbonyl (C=O) groups excluding carboxylic acids is 1. The largest absolute Gasteiger partial charge is 0.480 e. The molecule has 0 aromatic rings. The summed E-state index contributed by atoms with van der Waals surface area (Å²) in [4.78, 5) is 22.5. The summed E-state index contributed by atoms with van der Waals surface area (Å²) in [5, 5.41) is 14.4. The molecular formula is C11H22N2O4. The van der Waals surface area contributed by atoms with Crippen molar-refractivity contribution in [3.63, 3.8) is 0 Å². The third kappa shape index (κ3) is 6.23. The number of nitrogens with one attached hydrogen (secondary N) is 2. The second-order valence-electron chi connectivity index (χ2n) is 4.23. The molecule has 0 spiro atoms. The van der Waals surface area contributed by atoms with Gasteiger partial charge in [0.1, 0.15) is 6.04 Å². The smallest absolute Gasteiger partial charge is 0.320 e. The molecule has 2 unspecified atom stereocenters. The Morgan fingerprint density at radius 3 is 2.29 bits per heavy atom. The fourth-order valence-corrected chi connectivity index (χ4v) is 1.32. The van der Waals surface area contributed by atoms with E-state index in [0.717, 1.165) is 0 Å². The molecule has 0 heterocycles. The molecule has 0 saturated carbocycles. The van der Waals surface area contributed by atoms with Crippen LogP contribution >= 0.6 is 0 Å². The zero-order valence-corrected chi connectivity index (χ0v) is 10.8. The van der Waals surface area contributed by atoms with Gasteiger partial charge in [0, 0.05) is 13.7 Å². The SMILES string of the molecule is COCCNC(=O)C(C)NC(C(=O)O)C(C)C. The van der Waals surface area contributed by atoms with E-state index in [-0.39, 0.29) is 11.8 Å². The Morgan fingerprint density at radius 1 is 1.29 bits per heavy atom. The highest BCUT2D eigenvalue weighted by Crippen LogP contribution is 2.03. The lowest BCUT2D eigenvalue weighted by Crippen LogP contribution is -2.51. The summed E-state index contributed by atoms with van der Waals surface area (Å²) in [6.45, 7) is 6.08. The molecule has 0 fully saturated rings. The van der Waals surface area contributed by atoms with Gasteiger partial charge < -0.3 is 15.2 Å². The van der Waals surface area contributed by atoms with E-state index in [9.17, 15) is 9.59 Å². The first-order chi connectivity index (χ1) is 7.90. The maximum atomic E-state index is 11.6. The number of hydrogen-bond donors (Lipinski definition) is 3. The van der Waals surface area contributed by atoms with Crippen molar-refractivity contribution in [1.29, 1.82) is 0 Å². The van der Waals surface area contributed by atoms with Crippen LogP contribution in [-0.2, 0) is 14.3 Å². The molecule has 100 valence electrons. The predicted octanol–water partition coefficient (Wildman–Crippen LogP) is -0.164. The van der Waals surface area contributed by atoms with Crippen LogP contribution in [0.15, 0.2) is 0 Å². The lowest BCUT2D eigenvalue weighted by atomic mass is 10.0. The first-order valence-electron chi connectivity index (χ1n) is 5.65. The van der Waals surface area contributed by atoms with Gasteiger partial charge in [-0.05, 0) is 12.8 Å². The van der Waals surface area contributed by atoms with Crippen molar-refractivity contribution in [2.24, 2.45) is 5.92 Å². The summed E-state index contributed by atoms with van der Waals surface area (Å²) in [7, 11) is 1.55. The van der Waals surface area contributed by atoms with Crippen molar-refractivity contribution >= 4 is 11.9 Å². The van der Waals surface area contributed by atoms with Crippen LogP contribution in [0.5, 0.6) is 0 Å². The molecule has 3 N–H and O–H groups in total. The maximum Gasteiger partial charge on any atom is 0.320 e. The molecule has 0 radical (unpaired) electrons. The molecule has 6 nitrogen and oxygen atoms in total.